The fourth-order valence-corrected chi connectivity index (χ4v) is 4.21. The van der Waals surface area contributed by atoms with Crippen molar-refractivity contribution in [3.8, 4) is 6.07 Å². The summed E-state index contributed by atoms with van der Waals surface area (Å²) < 4.78 is 0. The van der Waals surface area contributed by atoms with Crippen LogP contribution in [0.15, 0.2) is 60.7 Å². The Bertz CT molecular complexity index is 1240. The lowest BCUT2D eigenvalue weighted by atomic mass is 9.86. The molecule has 0 bridgehead atoms. The first-order valence-electron chi connectivity index (χ1n) is 10.6. The second kappa shape index (κ2) is 8.94. The molecular formula is C26H25N5O. The fourth-order valence-electron chi connectivity index (χ4n) is 4.21. The highest BCUT2D eigenvalue weighted by molar-refractivity contribution is 6.14. The normalized spacial score (nSPS) is 14.7. The average molecular weight is 424 g/mol. The van der Waals surface area contributed by atoms with Gasteiger partial charge in [-0.1, -0.05) is 18.2 Å². The molecule has 0 fully saturated rings. The third-order valence-corrected chi connectivity index (χ3v) is 5.72. The van der Waals surface area contributed by atoms with Crippen LogP contribution in [0.5, 0.6) is 0 Å². The topological polar surface area (TPSA) is 115 Å². The first-order chi connectivity index (χ1) is 15.4. The molecular weight excluding hydrogens is 398 g/mol. The number of hydrogen-bond acceptors (Lipinski definition) is 5. The Hall–Kier alpha value is -4.11. The van der Waals surface area contributed by atoms with E-state index in [1.807, 2.05) is 48.5 Å². The summed E-state index contributed by atoms with van der Waals surface area (Å²) in [5.41, 5.74) is 13.0. The van der Waals surface area contributed by atoms with E-state index in [2.05, 4.69) is 16.7 Å². The average Bonchev–Trinajstić information content (AvgIpc) is 2.79. The fraction of sp³-hybridized carbons (Fsp3) is 0.192. The zero-order valence-corrected chi connectivity index (χ0v) is 17.9. The number of rotatable bonds is 5. The summed E-state index contributed by atoms with van der Waals surface area (Å²) in [4.78, 5) is 11.4. The summed E-state index contributed by atoms with van der Waals surface area (Å²) in [7, 11) is 0. The molecule has 5 N–H and O–H groups in total. The number of carbonyl (C=O) groups is 1. The van der Waals surface area contributed by atoms with Gasteiger partial charge in [0.1, 0.15) is 0 Å². The molecule has 0 saturated carbocycles. The number of nitriles is 1. The molecule has 3 aromatic rings. The Morgan fingerprint density at radius 1 is 1.12 bits per heavy atom. The summed E-state index contributed by atoms with van der Waals surface area (Å²) in [6.45, 7) is 1.45. The smallest absolute Gasteiger partial charge is 0.221 e. The molecule has 0 aliphatic heterocycles. The first kappa shape index (κ1) is 21.1. The molecule has 4 rings (SSSR count). The second-order valence-corrected chi connectivity index (χ2v) is 8.05. The van der Waals surface area contributed by atoms with Gasteiger partial charge in [0.25, 0.3) is 0 Å². The van der Waals surface area contributed by atoms with E-state index in [4.69, 9.17) is 11.1 Å². The van der Waals surface area contributed by atoms with Gasteiger partial charge < -0.3 is 16.4 Å². The minimum Gasteiger partial charge on any atom is -0.398 e. The number of fused-ring (bicyclic) bond motifs is 1. The number of nitrogens with two attached hydrogens (primary N) is 1. The number of nitrogens with one attached hydrogen (secondary N) is 3. The van der Waals surface area contributed by atoms with Crippen LogP contribution in [0.1, 0.15) is 53.6 Å². The summed E-state index contributed by atoms with van der Waals surface area (Å²) in [6.07, 6.45) is 3.02. The number of anilines is 3. The Kier molecular flexibility index (Phi) is 5.91. The summed E-state index contributed by atoms with van der Waals surface area (Å²) >= 11 is 0. The molecule has 32 heavy (non-hydrogen) atoms. The lowest BCUT2D eigenvalue weighted by Gasteiger charge is -2.28. The Morgan fingerprint density at radius 3 is 2.75 bits per heavy atom. The summed E-state index contributed by atoms with van der Waals surface area (Å²) in [6, 6.07) is 21.1. The molecule has 0 aromatic heterocycles. The number of hydrogen-bond donors (Lipinski definition) is 4. The van der Waals surface area contributed by atoms with Gasteiger partial charge in [-0.15, -0.1) is 0 Å². The highest BCUT2D eigenvalue weighted by atomic mass is 16.1. The Morgan fingerprint density at radius 2 is 1.97 bits per heavy atom. The lowest BCUT2D eigenvalue weighted by molar-refractivity contribution is -0.114. The quantitative estimate of drug-likeness (QED) is 0.341. The van der Waals surface area contributed by atoms with Crippen molar-refractivity contribution in [1.82, 2.24) is 0 Å². The van der Waals surface area contributed by atoms with Crippen LogP contribution in [0.4, 0.5) is 17.1 Å². The third kappa shape index (κ3) is 4.47. The van der Waals surface area contributed by atoms with Crippen LogP contribution in [0.25, 0.3) is 0 Å². The molecule has 3 aromatic carbocycles. The molecule has 1 atom stereocenters. The summed E-state index contributed by atoms with van der Waals surface area (Å²) in [5, 5.41) is 24.2. The van der Waals surface area contributed by atoms with Gasteiger partial charge in [0.05, 0.1) is 23.4 Å². The molecule has 6 nitrogen and oxygen atoms in total. The number of nitrogens with zero attached hydrogens (tertiary/aromatic N) is 1. The van der Waals surface area contributed by atoms with Crippen LogP contribution >= 0.6 is 0 Å². The molecule has 1 aliphatic carbocycles. The number of benzene rings is 3. The van der Waals surface area contributed by atoms with E-state index in [1.54, 1.807) is 12.1 Å². The van der Waals surface area contributed by atoms with Crippen molar-refractivity contribution in [2.75, 3.05) is 16.4 Å². The van der Waals surface area contributed by atoms with Crippen molar-refractivity contribution < 1.29 is 4.79 Å². The van der Waals surface area contributed by atoms with E-state index in [9.17, 15) is 10.1 Å². The van der Waals surface area contributed by atoms with Gasteiger partial charge in [-0.05, 0) is 72.9 Å². The van der Waals surface area contributed by atoms with Crippen molar-refractivity contribution in [2.45, 2.75) is 32.2 Å². The van der Waals surface area contributed by atoms with Crippen LogP contribution in [-0.4, -0.2) is 11.6 Å². The van der Waals surface area contributed by atoms with Gasteiger partial charge in [-0.2, -0.15) is 5.26 Å². The van der Waals surface area contributed by atoms with Crippen LogP contribution in [-0.2, 0) is 11.2 Å². The number of nitrogen functional groups attached to an aromatic ring is 1. The maximum Gasteiger partial charge on any atom is 0.221 e. The van der Waals surface area contributed by atoms with E-state index < -0.39 is 0 Å². The van der Waals surface area contributed by atoms with Gasteiger partial charge in [-0.3, -0.25) is 10.2 Å². The van der Waals surface area contributed by atoms with Crippen LogP contribution in [0.2, 0.25) is 0 Å². The zero-order valence-electron chi connectivity index (χ0n) is 17.9. The molecule has 0 heterocycles. The molecule has 1 unspecified atom stereocenters. The molecule has 1 aliphatic rings. The Labute approximate surface area is 187 Å². The molecule has 0 saturated heterocycles. The predicted octanol–water partition coefficient (Wildman–Crippen LogP) is 5.00. The highest BCUT2D eigenvalue weighted by Crippen LogP contribution is 2.34. The van der Waals surface area contributed by atoms with Crippen molar-refractivity contribution in [1.29, 1.82) is 10.7 Å². The van der Waals surface area contributed by atoms with E-state index in [-0.39, 0.29) is 11.9 Å². The zero-order chi connectivity index (χ0) is 22.7. The molecule has 1 amide bonds. The predicted molar refractivity (Wildman–Crippen MR) is 128 cm³/mol. The van der Waals surface area contributed by atoms with Gasteiger partial charge in [0.2, 0.25) is 5.91 Å². The van der Waals surface area contributed by atoms with Gasteiger partial charge in [0, 0.05) is 35.1 Å². The minimum absolute atomic E-state index is 0.139. The van der Waals surface area contributed by atoms with Crippen molar-refractivity contribution in [3.05, 3.63) is 88.5 Å². The lowest BCUT2D eigenvalue weighted by Crippen LogP contribution is -2.18. The van der Waals surface area contributed by atoms with Crippen molar-refractivity contribution in [2.24, 2.45) is 0 Å². The van der Waals surface area contributed by atoms with Crippen LogP contribution in [0.3, 0.4) is 0 Å². The largest absolute Gasteiger partial charge is 0.398 e. The highest BCUT2D eigenvalue weighted by Gasteiger charge is 2.21. The maximum absolute atomic E-state index is 11.4. The van der Waals surface area contributed by atoms with Crippen molar-refractivity contribution in [3.63, 3.8) is 0 Å². The SMILES string of the molecule is CC(=O)Nc1cccc(C(=N)c2cc(NC3CCCc4cc(C#N)ccc43)ccc2N)c1. The monoisotopic (exact) mass is 423 g/mol. The minimum atomic E-state index is -0.158. The maximum atomic E-state index is 11.4. The number of carbonyl (C=O) groups excluding carboxylic acids is 1. The van der Waals surface area contributed by atoms with Crippen LogP contribution in [0, 0.1) is 16.7 Å². The molecule has 6 heteroatoms. The van der Waals surface area contributed by atoms with E-state index in [0.717, 1.165) is 24.9 Å². The van der Waals surface area contributed by atoms with Crippen LogP contribution < -0.4 is 16.4 Å². The van der Waals surface area contributed by atoms with Gasteiger partial charge in [-0.25, -0.2) is 0 Å². The first-order valence-corrected chi connectivity index (χ1v) is 10.6. The molecule has 0 radical (unpaired) electrons. The number of aryl methyl sites for hydroxylation is 1. The van der Waals surface area contributed by atoms with E-state index >= 15 is 0 Å². The second-order valence-electron chi connectivity index (χ2n) is 8.05. The van der Waals surface area contributed by atoms with Gasteiger partial charge in [0.15, 0.2) is 0 Å². The van der Waals surface area contributed by atoms with Gasteiger partial charge >= 0.3 is 0 Å². The van der Waals surface area contributed by atoms with Crippen molar-refractivity contribution >= 4 is 28.7 Å². The molecule has 160 valence electrons. The number of amides is 1. The third-order valence-electron chi connectivity index (χ3n) is 5.72. The van der Waals surface area contributed by atoms with E-state index in [1.165, 1.54) is 18.1 Å². The summed E-state index contributed by atoms with van der Waals surface area (Å²) in [5.74, 6) is -0.158. The Balaban J connectivity index is 1.60. The molecule has 0 spiro atoms. The van der Waals surface area contributed by atoms with E-state index in [0.29, 0.717) is 33.8 Å². The standard InChI is InChI=1S/C26H25N5O/c1-16(32)30-20-6-2-5-19(13-20)26(29)23-14-21(9-11-24(23)28)31-25-7-3-4-18-12-17(15-27)8-10-22(18)25/h2,5-6,8-14,25,29,31H,3-4,7,28H2,1H3,(H,30,32).